The van der Waals surface area contributed by atoms with E-state index in [4.69, 9.17) is 0 Å². The third-order valence-electron chi connectivity index (χ3n) is 4.69. The number of fused-ring (bicyclic) bond motifs is 2. The van der Waals surface area contributed by atoms with Crippen LogP contribution in [0.15, 0.2) is 83.1 Å². The van der Waals surface area contributed by atoms with Gasteiger partial charge in [0.15, 0.2) is 0 Å². The maximum Gasteiger partial charge on any atom is 0.0494 e. The third-order valence-corrected chi connectivity index (χ3v) is 6.84. The molecule has 1 heterocycles. The van der Waals surface area contributed by atoms with E-state index in [1.165, 1.54) is 37.9 Å². The third kappa shape index (κ3) is 3.06. The molecule has 3 heteroatoms. The van der Waals surface area contributed by atoms with Gasteiger partial charge in [0.1, 0.15) is 0 Å². The van der Waals surface area contributed by atoms with Crippen LogP contribution in [0.5, 0.6) is 0 Å². The lowest BCUT2D eigenvalue weighted by Crippen LogP contribution is -2.22. The van der Waals surface area contributed by atoms with Crippen molar-refractivity contribution < 1.29 is 0 Å². The number of benzene rings is 3. The van der Waals surface area contributed by atoms with E-state index in [0.29, 0.717) is 0 Å². The molecule has 0 bridgehead atoms. The minimum atomic E-state index is 0.871. The van der Waals surface area contributed by atoms with E-state index in [2.05, 4.69) is 96.3 Å². The monoisotopic (exact) mass is 375 g/mol. The summed E-state index contributed by atoms with van der Waals surface area (Å²) in [6.07, 6.45) is 4.33. The molecule has 0 fully saturated rings. The summed E-state index contributed by atoms with van der Waals surface area (Å²) in [4.78, 5) is 2.45. The van der Waals surface area contributed by atoms with Gasteiger partial charge < -0.3 is 4.90 Å². The number of hydrogen-bond acceptors (Lipinski definition) is 3. The number of nitrogens with zero attached hydrogens (tertiary/aromatic N) is 1. The fourth-order valence-electron chi connectivity index (χ4n) is 3.56. The van der Waals surface area contributed by atoms with Crippen LogP contribution in [0, 0.1) is 0 Å². The van der Waals surface area contributed by atoms with E-state index in [1.807, 2.05) is 23.5 Å². The average Bonchev–Trinajstić information content (AvgIpc) is 2.71. The van der Waals surface area contributed by atoms with Crippen molar-refractivity contribution in [2.45, 2.75) is 6.54 Å². The van der Waals surface area contributed by atoms with Gasteiger partial charge in [0.2, 0.25) is 0 Å². The first-order chi connectivity index (χ1) is 12.8. The van der Waals surface area contributed by atoms with Crippen LogP contribution >= 0.6 is 23.5 Å². The molecular formula is C23H21NS2. The molecule has 1 aliphatic heterocycles. The molecule has 0 amide bonds. The molecule has 0 spiro atoms. The molecule has 0 unspecified atom stereocenters. The number of anilines is 2. The molecule has 0 saturated heterocycles. The highest BCUT2D eigenvalue weighted by atomic mass is 32.2. The van der Waals surface area contributed by atoms with Crippen molar-refractivity contribution in [1.82, 2.24) is 0 Å². The van der Waals surface area contributed by atoms with Crippen molar-refractivity contribution in [3.8, 4) is 0 Å². The van der Waals surface area contributed by atoms with E-state index in [0.717, 1.165) is 6.54 Å². The standard InChI is InChI=1S/C23H21NS2/c1-25-23(26-2)22-18-12-6-8-14-20(18)24(16-17-10-4-3-5-11-17)21-15-9-7-13-19(21)22/h3-15H,16H2,1-2H3. The second-order valence-corrected chi connectivity index (χ2v) is 8.07. The van der Waals surface area contributed by atoms with Gasteiger partial charge >= 0.3 is 0 Å². The summed E-state index contributed by atoms with van der Waals surface area (Å²) >= 11 is 3.67. The Morgan fingerprint density at radius 3 is 1.73 bits per heavy atom. The van der Waals surface area contributed by atoms with Gasteiger partial charge in [-0.05, 0) is 30.2 Å². The van der Waals surface area contributed by atoms with Gasteiger partial charge in [0.25, 0.3) is 0 Å². The van der Waals surface area contributed by atoms with Crippen molar-refractivity contribution in [1.29, 1.82) is 0 Å². The Balaban J connectivity index is 1.94. The van der Waals surface area contributed by atoms with Crippen molar-refractivity contribution in [2.24, 2.45) is 0 Å². The van der Waals surface area contributed by atoms with Crippen LogP contribution in [0.4, 0.5) is 11.4 Å². The van der Waals surface area contributed by atoms with Crippen molar-refractivity contribution in [3.05, 3.63) is 99.8 Å². The molecule has 1 nitrogen and oxygen atoms in total. The number of para-hydroxylation sites is 2. The Labute approximate surface area is 164 Å². The smallest absolute Gasteiger partial charge is 0.0494 e. The lowest BCUT2D eigenvalue weighted by atomic mass is 9.91. The molecule has 1 aliphatic rings. The van der Waals surface area contributed by atoms with Gasteiger partial charge in [-0.15, -0.1) is 23.5 Å². The molecule has 0 radical (unpaired) electrons. The van der Waals surface area contributed by atoms with Gasteiger partial charge in [0.05, 0.1) is 0 Å². The van der Waals surface area contributed by atoms with Crippen LogP contribution in [0.2, 0.25) is 0 Å². The van der Waals surface area contributed by atoms with Gasteiger partial charge in [0, 0.05) is 38.9 Å². The molecule has 0 saturated carbocycles. The van der Waals surface area contributed by atoms with Gasteiger partial charge in [-0.2, -0.15) is 0 Å². The number of thioether (sulfide) groups is 2. The minimum Gasteiger partial charge on any atom is -0.336 e. The van der Waals surface area contributed by atoms with Crippen LogP contribution in [0.25, 0.3) is 5.57 Å². The molecule has 0 aromatic heterocycles. The Morgan fingerprint density at radius 1 is 0.692 bits per heavy atom. The highest BCUT2D eigenvalue weighted by molar-refractivity contribution is 8.21. The topological polar surface area (TPSA) is 3.24 Å². The fourth-order valence-corrected chi connectivity index (χ4v) is 5.07. The molecule has 0 N–H and O–H groups in total. The summed E-state index contributed by atoms with van der Waals surface area (Å²) in [5, 5.41) is 0. The lowest BCUT2D eigenvalue weighted by Gasteiger charge is -2.35. The van der Waals surface area contributed by atoms with Crippen molar-refractivity contribution in [2.75, 3.05) is 17.4 Å². The molecule has 130 valence electrons. The van der Waals surface area contributed by atoms with Crippen LogP contribution in [-0.2, 0) is 6.54 Å². The zero-order valence-electron chi connectivity index (χ0n) is 15.0. The van der Waals surface area contributed by atoms with Gasteiger partial charge in [-0.1, -0.05) is 66.7 Å². The summed E-state index contributed by atoms with van der Waals surface area (Å²) < 4.78 is 1.37. The number of hydrogen-bond donors (Lipinski definition) is 0. The van der Waals surface area contributed by atoms with E-state index in [1.54, 1.807) is 0 Å². The quantitative estimate of drug-likeness (QED) is 0.495. The molecular weight excluding hydrogens is 354 g/mol. The Hall–Kier alpha value is -2.10. The predicted molar refractivity (Wildman–Crippen MR) is 118 cm³/mol. The summed E-state index contributed by atoms with van der Waals surface area (Å²) in [5.41, 5.74) is 7.89. The average molecular weight is 376 g/mol. The summed E-state index contributed by atoms with van der Waals surface area (Å²) in [7, 11) is 0. The van der Waals surface area contributed by atoms with E-state index < -0.39 is 0 Å². The second-order valence-electron chi connectivity index (χ2n) is 6.18. The Kier molecular flexibility index (Phi) is 5.09. The first kappa shape index (κ1) is 17.3. The largest absolute Gasteiger partial charge is 0.336 e. The molecule has 3 aromatic rings. The maximum absolute atomic E-state index is 2.45. The SMILES string of the molecule is CSC(SC)=C1c2ccccc2N(Cc2ccccc2)c2ccccc21. The van der Waals surface area contributed by atoms with E-state index >= 15 is 0 Å². The zero-order valence-corrected chi connectivity index (χ0v) is 16.6. The molecule has 26 heavy (non-hydrogen) atoms. The predicted octanol–water partition coefficient (Wildman–Crippen LogP) is 6.78. The van der Waals surface area contributed by atoms with Gasteiger partial charge in [-0.25, -0.2) is 0 Å². The molecule has 0 atom stereocenters. The summed E-state index contributed by atoms with van der Waals surface area (Å²) in [6.45, 7) is 0.871. The summed E-state index contributed by atoms with van der Waals surface area (Å²) in [6, 6.07) is 28.3. The normalized spacial score (nSPS) is 12.5. The Bertz CT molecular complexity index is 892. The van der Waals surface area contributed by atoms with Gasteiger partial charge in [-0.3, -0.25) is 0 Å². The molecule has 3 aromatic carbocycles. The summed E-state index contributed by atoms with van der Waals surface area (Å²) in [5.74, 6) is 0. The Morgan fingerprint density at radius 2 is 1.19 bits per heavy atom. The maximum atomic E-state index is 2.45. The zero-order chi connectivity index (χ0) is 17.9. The van der Waals surface area contributed by atoms with Crippen LogP contribution < -0.4 is 4.90 Å². The molecule has 4 rings (SSSR count). The molecule has 0 aliphatic carbocycles. The van der Waals surface area contributed by atoms with Crippen molar-refractivity contribution in [3.63, 3.8) is 0 Å². The second kappa shape index (κ2) is 7.65. The fraction of sp³-hybridized carbons (Fsp3) is 0.130. The van der Waals surface area contributed by atoms with Crippen LogP contribution in [-0.4, -0.2) is 12.5 Å². The first-order valence-electron chi connectivity index (χ1n) is 8.66. The minimum absolute atomic E-state index is 0.871. The van der Waals surface area contributed by atoms with Crippen LogP contribution in [0.1, 0.15) is 16.7 Å². The number of rotatable bonds is 4. The lowest BCUT2D eigenvalue weighted by molar-refractivity contribution is 0.963. The first-order valence-corrected chi connectivity index (χ1v) is 11.1. The van der Waals surface area contributed by atoms with Crippen molar-refractivity contribution >= 4 is 40.5 Å². The highest BCUT2D eigenvalue weighted by Crippen LogP contribution is 2.49. The highest BCUT2D eigenvalue weighted by Gasteiger charge is 2.27. The van der Waals surface area contributed by atoms with E-state index in [-0.39, 0.29) is 0 Å². The van der Waals surface area contributed by atoms with E-state index in [9.17, 15) is 0 Å². The van der Waals surface area contributed by atoms with Crippen LogP contribution in [0.3, 0.4) is 0 Å².